The minimum atomic E-state index is 0.478. The molecule has 0 bridgehead atoms. The fourth-order valence-electron chi connectivity index (χ4n) is 2.13. The third kappa shape index (κ3) is 3.00. The topological polar surface area (TPSA) is 0 Å². The summed E-state index contributed by atoms with van der Waals surface area (Å²) in [7, 11) is 0. The molecular weight excluding hydrogens is 156 g/mol. The van der Waals surface area contributed by atoms with E-state index in [-0.39, 0.29) is 0 Å². The number of rotatable bonds is 3. The van der Waals surface area contributed by atoms with Gasteiger partial charge in [0.2, 0.25) is 0 Å². The highest BCUT2D eigenvalue weighted by Crippen LogP contribution is 2.50. The van der Waals surface area contributed by atoms with E-state index in [4.69, 9.17) is 0 Å². The van der Waals surface area contributed by atoms with E-state index in [0.717, 1.165) is 11.8 Å². The van der Waals surface area contributed by atoms with Crippen LogP contribution in [0.3, 0.4) is 0 Å². The summed E-state index contributed by atoms with van der Waals surface area (Å²) in [5, 5.41) is 0. The summed E-state index contributed by atoms with van der Waals surface area (Å²) >= 11 is 0. The molecule has 0 aliphatic heterocycles. The third-order valence-electron chi connectivity index (χ3n) is 3.99. The van der Waals surface area contributed by atoms with Crippen molar-refractivity contribution in [2.45, 2.75) is 60.8 Å². The van der Waals surface area contributed by atoms with Crippen molar-refractivity contribution >= 4 is 0 Å². The molecular formula is C13H26. The zero-order valence-electron chi connectivity index (χ0n) is 10.3. The quantitative estimate of drug-likeness (QED) is 0.603. The molecule has 0 aromatic rings. The van der Waals surface area contributed by atoms with Gasteiger partial charge < -0.3 is 0 Å². The minimum Gasteiger partial charge on any atom is -0.0620 e. The second-order valence-electron chi connectivity index (χ2n) is 6.73. The van der Waals surface area contributed by atoms with Crippen LogP contribution < -0.4 is 0 Å². The van der Waals surface area contributed by atoms with Crippen LogP contribution in [0.5, 0.6) is 0 Å². The fraction of sp³-hybridized carbons (Fsp3) is 1.00. The normalized spacial score (nSPS) is 21.7. The van der Waals surface area contributed by atoms with Crippen LogP contribution >= 0.6 is 0 Å². The molecule has 1 fully saturated rings. The SMILES string of the molecule is CC(CC(C)(C)C1CC1)C(C)(C)C. The van der Waals surface area contributed by atoms with Gasteiger partial charge in [0.25, 0.3) is 0 Å². The zero-order chi connectivity index (χ0) is 10.3. The molecule has 0 amide bonds. The highest BCUT2D eigenvalue weighted by atomic mass is 14.4. The molecule has 0 nitrogen and oxygen atoms in total. The van der Waals surface area contributed by atoms with Crippen molar-refractivity contribution in [1.29, 1.82) is 0 Å². The first kappa shape index (κ1) is 11.1. The molecule has 0 spiro atoms. The first-order valence-corrected chi connectivity index (χ1v) is 5.73. The molecule has 1 unspecified atom stereocenters. The van der Waals surface area contributed by atoms with Crippen LogP contribution in [0.2, 0.25) is 0 Å². The molecule has 1 atom stereocenters. The summed E-state index contributed by atoms with van der Waals surface area (Å²) in [4.78, 5) is 0. The molecule has 13 heavy (non-hydrogen) atoms. The van der Waals surface area contributed by atoms with Gasteiger partial charge in [0, 0.05) is 0 Å². The van der Waals surface area contributed by atoms with Crippen LogP contribution in [0.1, 0.15) is 60.8 Å². The Morgan fingerprint density at radius 1 is 1.08 bits per heavy atom. The van der Waals surface area contributed by atoms with Gasteiger partial charge in [0.15, 0.2) is 0 Å². The Balaban J connectivity index is 2.47. The van der Waals surface area contributed by atoms with Crippen molar-refractivity contribution in [3.63, 3.8) is 0 Å². The maximum absolute atomic E-state index is 2.45. The van der Waals surface area contributed by atoms with Crippen molar-refractivity contribution in [3.05, 3.63) is 0 Å². The van der Waals surface area contributed by atoms with Gasteiger partial charge in [-0.15, -0.1) is 0 Å². The number of hydrogen-bond donors (Lipinski definition) is 0. The largest absolute Gasteiger partial charge is 0.0620 e. The molecule has 0 heterocycles. The summed E-state index contributed by atoms with van der Waals surface area (Å²) in [5.74, 6) is 1.86. The average molecular weight is 182 g/mol. The Morgan fingerprint density at radius 3 is 1.85 bits per heavy atom. The van der Waals surface area contributed by atoms with Crippen LogP contribution in [0.4, 0.5) is 0 Å². The molecule has 1 aliphatic carbocycles. The summed E-state index contributed by atoms with van der Waals surface area (Å²) in [5.41, 5.74) is 1.07. The molecule has 1 saturated carbocycles. The standard InChI is InChI=1S/C13H26/c1-10(12(2,3)4)9-13(5,6)11-7-8-11/h10-11H,7-9H2,1-6H3. The van der Waals surface area contributed by atoms with E-state index >= 15 is 0 Å². The van der Waals surface area contributed by atoms with Gasteiger partial charge in [-0.3, -0.25) is 0 Å². The number of hydrogen-bond acceptors (Lipinski definition) is 0. The second-order valence-corrected chi connectivity index (χ2v) is 6.73. The molecule has 0 aromatic carbocycles. The first-order valence-electron chi connectivity index (χ1n) is 5.73. The monoisotopic (exact) mass is 182 g/mol. The van der Waals surface area contributed by atoms with Gasteiger partial charge in [0.05, 0.1) is 0 Å². The van der Waals surface area contributed by atoms with Crippen LogP contribution in [-0.4, -0.2) is 0 Å². The van der Waals surface area contributed by atoms with E-state index in [1.165, 1.54) is 19.3 Å². The Morgan fingerprint density at radius 2 is 1.54 bits per heavy atom. The predicted octanol–water partition coefficient (Wildman–Crippen LogP) is 4.49. The first-order chi connectivity index (χ1) is 5.73. The van der Waals surface area contributed by atoms with E-state index in [1.54, 1.807) is 0 Å². The van der Waals surface area contributed by atoms with Gasteiger partial charge >= 0.3 is 0 Å². The molecule has 0 aromatic heterocycles. The lowest BCUT2D eigenvalue weighted by Crippen LogP contribution is -2.25. The van der Waals surface area contributed by atoms with Crippen LogP contribution in [0.25, 0.3) is 0 Å². The maximum atomic E-state index is 2.45. The highest BCUT2D eigenvalue weighted by molar-refractivity contribution is 4.90. The summed E-state index contributed by atoms with van der Waals surface area (Å²) < 4.78 is 0. The smallest absolute Gasteiger partial charge is 0.0323 e. The third-order valence-corrected chi connectivity index (χ3v) is 3.99. The lowest BCUT2D eigenvalue weighted by atomic mass is 9.71. The van der Waals surface area contributed by atoms with E-state index in [2.05, 4.69) is 41.5 Å². The van der Waals surface area contributed by atoms with Gasteiger partial charge in [-0.05, 0) is 41.9 Å². The Bertz CT molecular complexity index is 167. The van der Waals surface area contributed by atoms with E-state index in [0.29, 0.717) is 10.8 Å². The second kappa shape index (κ2) is 3.29. The van der Waals surface area contributed by atoms with E-state index < -0.39 is 0 Å². The lowest BCUT2D eigenvalue weighted by Gasteiger charge is -2.35. The average Bonchev–Trinajstić information content (AvgIpc) is 2.62. The predicted molar refractivity (Wildman–Crippen MR) is 59.7 cm³/mol. The highest BCUT2D eigenvalue weighted by Gasteiger charge is 2.39. The van der Waals surface area contributed by atoms with Crippen LogP contribution in [-0.2, 0) is 0 Å². The van der Waals surface area contributed by atoms with Crippen molar-refractivity contribution in [1.82, 2.24) is 0 Å². The van der Waals surface area contributed by atoms with Gasteiger partial charge in [-0.2, -0.15) is 0 Å². The molecule has 0 heteroatoms. The zero-order valence-corrected chi connectivity index (χ0v) is 10.3. The molecule has 1 rings (SSSR count). The van der Waals surface area contributed by atoms with Crippen molar-refractivity contribution in [2.75, 3.05) is 0 Å². The molecule has 0 N–H and O–H groups in total. The van der Waals surface area contributed by atoms with Gasteiger partial charge in [0.1, 0.15) is 0 Å². The van der Waals surface area contributed by atoms with Crippen LogP contribution in [0, 0.1) is 22.7 Å². The van der Waals surface area contributed by atoms with Gasteiger partial charge in [-0.1, -0.05) is 41.5 Å². The Hall–Kier alpha value is 0. The molecule has 0 radical (unpaired) electrons. The van der Waals surface area contributed by atoms with E-state index in [1.807, 2.05) is 0 Å². The van der Waals surface area contributed by atoms with Crippen molar-refractivity contribution < 1.29 is 0 Å². The molecule has 0 saturated heterocycles. The van der Waals surface area contributed by atoms with Gasteiger partial charge in [-0.25, -0.2) is 0 Å². The summed E-state index contributed by atoms with van der Waals surface area (Å²) in [6, 6.07) is 0. The molecule has 78 valence electrons. The van der Waals surface area contributed by atoms with Crippen molar-refractivity contribution in [2.24, 2.45) is 22.7 Å². The molecule has 1 aliphatic rings. The summed E-state index contributed by atoms with van der Waals surface area (Å²) in [6.07, 6.45) is 4.34. The summed E-state index contributed by atoms with van der Waals surface area (Å²) in [6.45, 7) is 14.4. The lowest BCUT2D eigenvalue weighted by molar-refractivity contribution is 0.152. The maximum Gasteiger partial charge on any atom is -0.0323 e. The Labute approximate surface area is 84.1 Å². The fourth-order valence-corrected chi connectivity index (χ4v) is 2.13. The van der Waals surface area contributed by atoms with Crippen molar-refractivity contribution in [3.8, 4) is 0 Å². The minimum absolute atomic E-state index is 0.478. The Kier molecular flexibility index (Phi) is 2.81. The van der Waals surface area contributed by atoms with Crippen LogP contribution in [0.15, 0.2) is 0 Å². The van der Waals surface area contributed by atoms with E-state index in [9.17, 15) is 0 Å².